The van der Waals surface area contributed by atoms with Crippen LogP contribution in [0, 0.1) is 0 Å². The van der Waals surface area contributed by atoms with Crippen molar-refractivity contribution in [3.05, 3.63) is 23.8 Å². The number of likely N-dealkylation sites (tertiary alicyclic amines) is 1. The lowest BCUT2D eigenvalue weighted by molar-refractivity contribution is -0.145. The smallest absolute Gasteiger partial charge is 0.251 e. The summed E-state index contributed by atoms with van der Waals surface area (Å²) in [4.78, 5) is 36.9. The number of rotatable bonds is 10. The number of hydrogen-bond acceptors (Lipinski definition) is 7. The van der Waals surface area contributed by atoms with Crippen molar-refractivity contribution < 1.29 is 33.4 Å². The second-order valence-corrected chi connectivity index (χ2v) is 8.92. The van der Waals surface area contributed by atoms with Gasteiger partial charge in [-0.3, -0.25) is 14.4 Å². The number of amides is 3. The van der Waals surface area contributed by atoms with E-state index < -0.39 is 33.4 Å². The number of hydrazone groups is 1. The lowest BCUT2D eigenvalue weighted by Gasteiger charge is -2.41. The van der Waals surface area contributed by atoms with E-state index in [0.29, 0.717) is 12.8 Å². The van der Waals surface area contributed by atoms with Crippen LogP contribution in [0.4, 0.5) is 0 Å². The molecule has 11 nitrogen and oxygen atoms in total. The maximum Gasteiger partial charge on any atom is 0.251 e. The number of nitrogens with one attached hydrogen (secondary N) is 2. The summed E-state index contributed by atoms with van der Waals surface area (Å²) >= 11 is -2.31. The second-order valence-electron chi connectivity index (χ2n) is 7.49. The first kappa shape index (κ1) is 24.3. The highest BCUT2D eigenvalue weighted by Crippen LogP contribution is 2.25. The predicted molar refractivity (Wildman–Crippen MR) is 113 cm³/mol. The Labute approximate surface area is 181 Å². The molecule has 0 bridgehead atoms. The van der Waals surface area contributed by atoms with Gasteiger partial charge in [0, 0.05) is 43.8 Å². The molecule has 1 unspecified atom stereocenters. The van der Waals surface area contributed by atoms with Crippen molar-refractivity contribution in [3.63, 3.8) is 0 Å². The first-order valence-corrected chi connectivity index (χ1v) is 10.7. The fourth-order valence-electron chi connectivity index (χ4n) is 2.85. The minimum atomic E-state index is -2.31. The zero-order valence-electron chi connectivity index (χ0n) is 17.2. The van der Waals surface area contributed by atoms with Crippen LogP contribution in [-0.4, -0.2) is 71.7 Å². The highest BCUT2D eigenvalue weighted by atomic mass is 32.2. The van der Waals surface area contributed by atoms with Crippen molar-refractivity contribution in [2.75, 3.05) is 13.1 Å². The number of benzene rings is 1. The minimum absolute atomic E-state index is 0.00826. The number of nitrogens with zero attached hydrogens (tertiary/aromatic N) is 2. The number of aromatic hydroxyl groups is 2. The van der Waals surface area contributed by atoms with Gasteiger partial charge >= 0.3 is 0 Å². The fraction of sp³-hybridized carbons (Fsp3) is 0.474. The van der Waals surface area contributed by atoms with Crippen LogP contribution in [0.5, 0.6) is 11.5 Å². The Morgan fingerprint density at radius 1 is 1.35 bits per heavy atom. The molecule has 1 saturated heterocycles. The first-order chi connectivity index (χ1) is 14.5. The number of phenolic OH excluding ortho intramolecular Hbond substituents is 2. The third kappa shape index (κ3) is 6.49. The van der Waals surface area contributed by atoms with Gasteiger partial charge in [-0.15, -0.1) is 0 Å². The molecule has 1 heterocycles. The van der Waals surface area contributed by atoms with Crippen LogP contribution < -0.4 is 10.7 Å². The molecular weight excluding hydrogens is 428 g/mol. The average Bonchev–Trinajstić information content (AvgIpc) is 2.71. The van der Waals surface area contributed by atoms with E-state index in [0.717, 1.165) is 12.3 Å². The Kier molecular flexibility index (Phi) is 8.11. The first-order valence-electron chi connectivity index (χ1n) is 9.57. The zero-order valence-corrected chi connectivity index (χ0v) is 18.0. The number of β-lactam (4-membered cyclic amide) rings is 1. The molecule has 0 spiro atoms. The third-order valence-corrected chi connectivity index (χ3v) is 5.87. The number of hydrogen-bond donors (Lipinski definition) is 5. The van der Waals surface area contributed by atoms with E-state index in [9.17, 15) is 33.4 Å². The van der Waals surface area contributed by atoms with Crippen LogP contribution in [0.3, 0.4) is 0 Å². The monoisotopic (exact) mass is 454 g/mol. The van der Waals surface area contributed by atoms with E-state index in [1.807, 2.05) is 6.92 Å². The second kappa shape index (κ2) is 10.4. The molecule has 1 aliphatic rings. The fourth-order valence-corrected chi connectivity index (χ4v) is 3.24. The third-order valence-electron chi connectivity index (χ3n) is 4.84. The molecule has 1 aliphatic heterocycles. The van der Waals surface area contributed by atoms with Gasteiger partial charge in [0.15, 0.2) is 22.6 Å². The average molecular weight is 455 g/mol. The van der Waals surface area contributed by atoms with Crippen LogP contribution in [0.25, 0.3) is 0 Å². The molecule has 1 aromatic carbocycles. The molecule has 3 amide bonds. The standard InChI is InChI=1S/C19H26N4O7S/c1-12-8-17(27)23(12)11-19(2,31(29)30)10-21-22-16(26)4-3-7-20-18(28)13-5-6-14(24)15(25)9-13/h5-6,9-10,12,24-25H,3-4,7-8,11H2,1-2H3,(H,20,28)(H,22,26)(H,29,30)/b21-10+/t12-,19+/m1/s1. The van der Waals surface area contributed by atoms with Crippen LogP contribution in [0.2, 0.25) is 0 Å². The summed E-state index contributed by atoms with van der Waals surface area (Å²) in [5.74, 6) is -1.77. The van der Waals surface area contributed by atoms with Gasteiger partial charge in [-0.25, -0.2) is 9.63 Å². The molecule has 5 N–H and O–H groups in total. The van der Waals surface area contributed by atoms with Crippen molar-refractivity contribution in [3.8, 4) is 11.5 Å². The highest BCUT2D eigenvalue weighted by molar-refractivity contribution is 7.81. The SMILES string of the molecule is C[C@@H]1CC(=O)N1C[C@](C)(/C=N/NC(=O)CCCNC(=O)c1ccc(O)c(O)c1)S(=O)O. The summed E-state index contributed by atoms with van der Waals surface area (Å²) in [5.41, 5.74) is 2.43. The molecule has 1 fully saturated rings. The Bertz CT molecular complexity index is 907. The topological polar surface area (TPSA) is 169 Å². The normalized spacial score (nSPS) is 18.9. The Balaban J connectivity index is 1.75. The minimum Gasteiger partial charge on any atom is -0.504 e. The molecule has 12 heteroatoms. The van der Waals surface area contributed by atoms with E-state index >= 15 is 0 Å². The maximum atomic E-state index is 12.0. The van der Waals surface area contributed by atoms with E-state index in [1.165, 1.54) is 24.0 Å². The largest absolute Gasteiger partial charge is 0.504 e. The molecule has 170 valence electrons. The van der Waals surface area contributed by atoms with Crippen LogP contribution >= 0.6 is 0 Å². The van der Waals surface area contributed by atoms with Gasteiger partial charge in [0.2, 0.25) is 11.8 Å². The Morgan fingerprint density at radius 3 is 2.65 bits per heavy atom. The molecule has 1 aromatic rings. The van der Waals surface area contributed by atoms with Gasteiger partial charge in [0.1, 0.15) is 4.75 Å². The molecular formula is C19H26N4O7S. The van der Waals surface area contributed by atoms with Crippen LogP contribution in [-0.2, 0) is 20.7 Å². The summed E-state index contributed by atoms with van der Waals surface area (Å²) < 4.78 is 20.0. The van der Waals surface area contributed by atoms with Crippen molar-refractivity contribution in [1.29, 1.82) is 0 Å². The van der Waals surface area contributed by atoms with Gasteiger partial charge in [-0.1, -0.05) is 0 Å². The molecule has 0 saturated carbocycles. The van der Waals surface area contributed by atoms with E-state index in [2.05, 4.69) is 15.8 Å². The summed E-state index contributed by atoms with van der Waals surface area (Å²) in [6.07, 6.45) is 1.89. The predicted octanol–water partition coefficient (Wildman–Crippen LogP) is 0.311. The molecule has 0 radical (unpaired) electrons. The van der Waals surface area contributed by atoms with Gasteiger partial charge in [-0.05, 0) is 38.5 Å². The summed E-state index contributed by atoms with van der Waals surface area (Å²) in [5, 5.41) is 25.0. The lowest BCUT2D eigenvalue weighted by atomic mass is 10.0. The summed E-state index contributed by atoms with van der Waals surface area (Å²) in [6, 6.07) is 3.66. The van der Waals surface area contributed by atoms with E-state index in [4.69, 9.17) is 0 Å². The zero-order chi connectivity index (χ0) is 23.2. The lowest BCUT2D eigenvalue weighted by Crippen LogP contribution is -2.57. The molecule has 2 rings (SSSR count). The number of carbonyl (C=O) groups is 3. The van der Waals surface area contributed by atoms with E-state index in [1.54, 1.807) is 0 Å². The molecule has 3 atom stereocenters. The highest BCUT2D eigenvalue weighted by Gasteiger charge is 2.40. The van der Waals surface area contributed by atoms with Crippen molar-refractivity contribution >= 4 is 35.0 Å². The van der Waals surface area contributed by atoms with Crippen molar-refractivity contribution in [2.24, 2.45) is 5.10 Å². The van der Waals surface area contributed by atoms with Crippen LogP contribution in [0.15, 0.2) is 23.3 Å². The van der Waals surface area contributed by atoms with Crippen molar-refractivity contribution in [1.82, 2.24) is 15.6 Å². The molecule has 31 heavy (non-hydrogen) atoms. The van der Waals surface area contributed by atoms with Gasteiger partial charge in [0.05, 0.1) is 0 Å². The molecule has 0 aliphatic carbocycles. The van der Waals surface area contributed by atoms with E-state index in [-0.39, 0.29) is 42.8 Å². The van der Waals surface area contributed by atoms with Crippen molar-refractivity contribution in [2.45, 2.75) is 43.9 Å². The Morgan fingerprint density at radius 2 is 2.06 bits per heavy atom. The maximum absolute atomic E-state index is 12.0. The summed E-state index contributed by atoms with van der Waals surface area (Å²) in [7, 11) is 0. The number of phenols is 2. The Hall–Kier alpha value is -2.99. The van der Waals surface area contributed by atoms with Gasteiger partial charge in [0.25, 0.3) is 5.91 Å². The van der Waals surface area contributed by atoms with Crippen LogP contribution in [0.1, 0.15) is 43.5 Å². The summed E-state index contributed by atoms with van der Waals surface area (Å²) in [6.45, 7) is 3.50. The van der Waals surface area contributed by atoms with Gasteiger partial charge < -0.3 is 25.0 Å². The molecule has 0 aromatic heterocycles. The quantitative estimate of drug-likeness (QED) is 0.0846. The van der Waals surface area contributed by atoms with Gasteiger partial charge in [-0.2, -0.15) is 5.10 Å². The number of carbonyl (C=O) groups excluding carboxylic acids is 3.